The van der Waals surface area contributed by atoms with Gasteiger partial charge in [0.25, 0.3) is 0 Å². The fourth-order valence-corrected chi connectivity index (χ4v) is 2.19. The highest BCUT2D eigenvalue weighted by molar-refractivity contribution is 5.87. The number of carboxylic acids is 1. The molecule has 0 fully saturated rings. The summed E-state index contributed by atoms with van der Waals surface area (Å²) in [7, 11) is 1.44. The highest BCUT2D eigenvalue weighted by atomic mass is 19.4. The second kappa shape index (κ2) is 7.89. The Morgan fingerprint density at radius 1 is 1.27 bits per heavy atom. The third-order valence-corrected chi connectivity index (χ3v) is 3.52. The van der Waals surface area contributed by atoms with Crippen LogP contribution in [0.5, 0.6) is 0 Å². The zero-order valence-electron chi connectivity index (χ0n) is 13.8. The first-order valence-corrected chi connectivity index (χ1v) is 7.53. The number of hydrogen-bond donors (Lipinski definition) is 2. The number of carbonyl (C=O) groups excluding carboxylic acids is 1. The van der Waals surface area contributed by atoms with Crippen molar-refractivity contribution in [1.29, 1.82) is 0 Å². The van der Waals surface area contributed by atoms with Crippen LogP contribution in [0.1, 0.15) is 21.7 Å². The Hall–Kier alpha value is -3.04. The molecule has 0 saturated carbocycles. The molecule has 1 aromatic carbocycles. The SMILES string of the molecule is CN(Cc1nccn1CC(F)(F)F)C(=O)NCc1ccc(C(=O)O)cc1. The summed E-state index contributed by atoms with van der Waals surface area (Å²) in [5.74, 6) is -0.930. The van der Waals surface area contributed by atoms with Crippen molar-refractivity contribution in [3.05, 3.63) is 53.6 Å². The van der Waals surface area contributed by atoms with Crippen LogP contribution in [0.3, 0.4) is 0 Å². The Labute approximate surface area is 147 Å². The van der Waals surface area contributed by atoms with E-state index in [-0.39, 0.29) is 24.5 Å². The summed E-state index contributed by atoms with van der Waals surface area (Å²) in [6, 6.07) is 5.48. The molecule has 0 atom stereocenters. The number of amides is 2. The lowest BCUT2D eigenvalue weighted by molar-refractivity contribution is -0.141. The van der Waals surface area contributed by atoms with Crippen molar-refractivity contribution in [2.75, 3.05) is 7.05 Å². The highest BCUT2D eigenvalue weighted by Gasteiger charge is 2.29. The van der Waals surface area contributed by atoms with Crippen molar-refractivity contribution in [2.45, 2.75) is 25.8 Å². The molecule has 26 heavy (non-hydrogen) atoms. The minimum absolute atomic E-state index is 0.0904. The maximum absolute atomic E-state index is 12.5. The van der Waals surface area contributed by atoms with Gasteiger partial charge < -0.3 is 19.9 Å². The lowest BCUT2D eigenvalue weighted by Crippen LogP contribution is -2.37. The predicted molar refractivity (Wildman–Crippen MR) is 85.4 cm³/mol. The zero-order valence-corrected chi connectivity index (χ0v) is 13.8. The fourth-order valence-electron chi connectivity index (χ4n) is 2.19. The first kappa shape index (κ1) is 19.3. The van der Waals surface area contributed by atoms with Gasteiger partial charge >= 0.3 is 18.2 Å². The highest BCUT2D eigenvalue weighted by Crippen LogP contribution is 2.18. The Morgan fingerprint density at radius 3 is 2.50 bits per heavy atom. The molecule has 10 heteroatoms. The monoisotopic (exact) mass is 370 g/mol. The second-order valence-corrected chi connectivity index (χ2v) is 5.60. The summed E-state index contributed by atoms with van der Waals surface area (Å²) in [5.41, 5.74) is 0.823. The van der Waals surface area contributed by atoms with E-state index in [1.165, 1.54) is 36.5 Å². The van der Waals surface area contributed by atoms with Crippen LogP contribution >= 0.6 is 0 Å². The summed E-state index contributed by atoms with van der Waals surface area (Å²) < 4.78 is 38.4. The molecule has 140 valence electrons. The predicted octanol–water partition coefficient (Wildman–Crippen LogP) is 2.49. The molecule has 0 radical (unpaired) electrons. The number of benzene rings is 1. The Bertz CT molecular complexity index is 772. The van der Waals surface area contributed by atoms with Crippen LogP contribution in [0.25, 0.3) is 0 Å². The molecule has 0 aliphatic carbocycles. The normalized spacial score (nSPS) is 11.2. The van der Waals surface area contributed by atoms with Crippen molar-refractivity contribution < 1.29 is 27.9 Å². The minimum Gasteiger partial charge on any atom is -0.478 e. The molecule has 1 aromatic heterocycles. The van der Waals surface area contributed by atoms with Gasteiger partial charge in [0, 0.05) is 26.0 Å². The van der Waals surface area contributed by atoms with Gasteiger partial charge in [-0.2, -0.15) is 13.2 Å². The Balaban J connectivity index is 1.90. The van der Waals surface area contributed by atoms with Crippen molar-refractivity contribution in [3.63, 3.8) is 0 Å². The van der Waals surface area contributed by atoms with Crippen molar-refractivity contribution >= 4 is 12.0 Å². The number of urea groups is 1. The molecule has 0 bridgehead atoms. The number of carboxylic acid groups (broad SMARTS) is 1. The maximum Gasteiger partial charge on any atom is 0.406 e. The van der Waals surface area contributed by atoms with Gasteiger partial charge in [0.2, 0.25) is 0 Å². The molecule has 2 rings (SSSR count). The van der Waals surface area contributed by atoms with Crippen LogP contribution in [-0.2, 0) is 19.6 Å². The zero-order chi connectivity index (χ0) is 19.3. The third-order valence-electron chi connectivity index (χ3n) is 3.52. The van der Waals surface area contributed by atoms with Crippen LogP contribution in [0.2, 0.25) is 0 Å². The lowest BCUT2D eigenvalue weighted by Gasteiger charge is -2.19. The van der Waals surface area contributed by atoms with Crippen LogP contribution in [0.4, 0.5) is 18.0 Å². The van der Waals surface area contributed by atoms with Gasteiger partial charge in [-0.15, -0.1) is 0 Å². The van der Waals surface area contributed by atoms with Gasteiger partial charge in [-0.05, 0) is 17.7 Å². The maximum atomic E-state index is 12.5. The first-order valence-electron chi connectivity index (χ1n) is 7.53. The quantitative estimate of drug-likeness (QED) is 0.818. The van der Waals surface area contributed by atoms with Gasteiger partial charge in [0.15, 0.2) is 0 Å². The van der Waals surface area contributed by atoms with E-state index < -0.39 is 24.7 Å². The average molecular weight is 370 g/mol. The molecule has 2 aromatic rings. The van der Waals surface area contributed by atoms with Crippen LogP contribution in [0.15, 0.2) is 36.7 Å². The van der Waals surface area contributed by atoms with Crippen LogP contribution in [-0.4, -0.2) is 44.8 Å². The van der Waals surface area contributed by atoms with E-state index in [1.54, 1.807) is 12.1 Å². The number of aromatic nitrogens is 2. The Kier molecular flexibility index (Phi) is 5.86. The average Bonchev–Trinajstić information content (AvgIpc) is 2.97. The number of aromatic carboxylic acids is 1. The van der Waals surface area contributed by atoms with Crippen molar-refractivity contribution in [1.82, 2.24) is 19.8 Å². The van der Waals surface area contributed by atoms with E-state index in [2.05, 4.69) is 10.3 Å². The largest absolute Gasteiger partial charge is 0.478 e. The second-order valence-electron chi connectivity index (χ2n) is 5.60. The molecule has 0 aliphatic heterocycles. The van der Waals surface area contributed by atoms with Crippen LogP contribution in [0, 0.1) is 0 Å². The van der Waals surface area contributed by atoms with E-state index in [0.29, 0.717) is 5.56 Å². The topological polar surface area (TPSA) is 87.5 Å². The molecule has 7 nitrogen and oxygen atoms in total. The van der Waals surface area contributed by atoms with Crippen LogP contribution < -0.4 is 5.32 Å². The van der Waals surface area contributed by atoms with Gasteiger partial charge in [0.1, 0.15) is 12.4 Å². The smallest absolute Gasteiger partial charge is 0.406 e. The fraction of sp³-hybridized carbons (Fsp3) is 0.312. The molecule has 1 heterocycles. The van der Waals surface area contributed by atoms with E-state index in [0.717, 1.165) is 4.57 Å². The van der Waals surface area contributed by atoms with Gasteiger partial charge in [-0.25, -0.2) is 14.6 Å². The molecule has 0 unspecified atom stereocenters. The lowest BCUT2D eigenvalue weighted by atomic mass is 10.1. The third kappa shape index (κ3) is 5.50. The molecular formula is C16H17F3N4O3. The number of hydrogen-bond acceptors (Lipinski definition) is 3. The minimum atomic E-state index is -4.38. The summed E-state index contributed by atoms with van der Waals surface area (Å²) in [5, 5.41) is 11.4. The van der Waals surface area contributed by atoms with Gasteiger partial charge in [0.05, 0.1) is 12.1 Å². The number of imidazole rings is 1. The van der Waals surface area contributed by atoms with E-state index >= 15 is 0 Å². The molecule has 0 spiro atoms. The van der Waals surface area contributed by atoms with Gasteiger partial charge in [-0.3, -0.25) is 0 Å². The molecule has 2 amide bonds. The van der Waals surface area contributed by atoms with E-state index in [1.807, 2.05) is 0 Å². The number of halogens is 3. The van der Waals surface area contributed by atoms with Crippen molar-refractivity contribution in [2.24, 2.45) is 0 Å². The van der Waals surface area contributed by atoms with E-state index in [4.69, 9.17) is 5.11 Å². The van der Waals surface area contributed by atoms with Crippen molar-refractivity contribution in [3.8, 4) is 0 Å². The summed E-state index contributed by atoms with van der Waals surface area (Å²) in [4.78, 5) is 27.9. The molecular weight excluding hydrogens is 353 g/mol. The summed E-state index contributed by atoms with van der Waals surface area (Å²) >= 11 is 0. The summed E-state index contributed by atoms with van der Waals surface area (Å²) in [6.45, 7) is -1.11. The number of alkyl halides is 3. The summed E-state index contributed by atoms with van der Waals surface area (Å²) in [6.07, 6.45) is -1.92. The first-order chi connectivity index (χ1) is 12.2. The number of carbonyl (C=O) groups is 2. The number of rotatable bonds is 6. The molecule has 2 N–H and O–H groups in total. The number of nitrogens with zero attached hydrogens (tertiary/aromatic N) is 3. The standard InChI is InChI=1S/C16H17F3N4O3/c1-22(9-13-20-6-7-23(13)10-16(17,18)19)15(26)21-8-11-2-4-12(5-3-11)14(24)25/h2-7H,8-10H2,1H3,(H,21,26)(H,24,25). The Morgan fingerprint density at radius 2 is 1.92 bits per heavy atom. The van der Waals surface area contributed by atoms with Gasteiger partial charge in [-0.1, -0.05) is 12.1 Å². The van der Waals surface area contributed by atoms with E-state index in [9.17, 15) is 22.8 Å². The molecule has 0 saturated heterocycles. The number of nitrogens with one attached hydrogen (secondary N) is 1. The molecule has 0 aliphatic rings.